The molecule has 39 heavy (non-hydrogen) atoms. The first kappa shape index (κ1) is 33.8. The number of rotatable bonds is 15. The molecule has 1 aromatic carbocycles. The summed E-state index contributed by atoms with van der Waals surface area (Å²) in [6, 6.07) is 8.02. The van der Waals surface area contributed by atoms with Crippen LogP contribution in [0.5, 0.6) is 5.75 Å². The number of aliphatic hydroxyl groups is 1. The molecule has 1 N–H and O–H groups in total. The first-order valence-electron chi connectivity index (χ1n) is 14.9. The standard InChI is InChI=1S/C33H56O5Si/c1-23(2)39(24(3)4,25(5)6)38-31-18-15-29(21-32(31)36-10)20-27(8)33(26(7)12-11-19-34)37-22-28-13-16-30(35-9)17-14-28/h11-14,16-17,20,23-26,29,31-34H,15,18-19,21-22H2,1-10H3/b12-11+,27-20+/t26-,29+,31-,32-,33+/m1/s1. The highest BCUT2D eigenvalue weighted by molar-refractivity contribution is 6.77. The van der Waals surface area contributed by atoms with E-state index in [-0.39, 0.29) is 30.8 Å². The minimum atomic E-state index is -1.97. The third-order valence-electron chi connectivity index (χ3n) is 8.70. The third kappa shape index (κ3) is 9.02. The predicted octanol–water partition coefficient (Wildman–Crippen LogP) is 8.09. The van der Waals surface area contributed by atoms with Crippen LogP contribution in [0.2, 0.25) is 16.6 Å². The van der Waals surface area contributed by atoms with Gasteiger partial charge >= 0.3 is 0 Å². The van der Waals surface area contributed by atoms with Gasteiger partial charge in [-0.25, -0.2) is 0 Å². The second kappa shape index (κ2) is 16.1. The van der Waals surface area contributed by atoms with Crippen LogP contribution in [-0.4, -0.2) is 52.6 Å². The van der Waals surface area contributed by atoms with Gasteiger partial charge in [-0.15, -0.1) is 0 Å². The van der Waals surface area contributed by atoms with E-state index in [0.29, 0.717) is 29.1 Å². The van der Waals surface area contributed by atoms with E-state index in [0.717, 1.165) is 30.6 Å². The average Bonchev–Trinajstić information content (AvgIpc) is 2.90. The largest absolute Gasteiger partial charge is 0.497 e. The summed E-state index contributed by atoms with van der Waals surface area (Å²) in [5.41, 5.74) is 4.02. The maximum Gasteiger partial charge on any atom is 0.200 e. The van der Waals surface area contributed by atoms with Crippen molar-refractivity contribution in [3.63, 3.8) is 0 Å². The van der Waals surface area contributed by atoms with Crippen LogP contribution in [0.25, 0.3) is 0 Å². The Kier molecular flexibility index (Phi) is 13.9. The lowest BCUT2D eigenvalue weighted by atomic mass is 9.83. The zero-order valence-corrected chi connectivity index (χ0v) is 27.3. The highest BCUT2D eigenvalue weighted by atomic mass is 28.4. The van der Waals surface area contributed by atoms with Crippen LogP contribution in [0.4, 0.5) is 0 Å². The zero-order chi connectivity index (χ0) is 29.2. The van der Waals surface area contributed by atoms with Gasteiger partial charge in [-0.05, 0) is 72.0 Å². The maximum absolute atomic E-state index is 9.34. The summed E-state index contributed by atoms with van der Waals surface area (Å²) < 4.78 is 25.0. The van der Waals surface area contributed by atoms with Gasteiger partial charge in [0.25, 0.3) is 0 Å². The lowest BCUT2D eigenvalue weighted by molar-refractivity contribution is -0.0401. The molecule has 0 aromatic heterocycles. The van der Waals surface area contributed by atoms with Gasteiger partial charge in [-0.3, -0.25) is 0 Å². The third-order valence-corrected chi connectivity index (χ3v) is 14.8. The molecular weight excluding hydrogens is 504 g/mol. The van der Waals surface area contributed by atoms with Crippen molar-refractivity contribution in [2.45, 2.75) is 116 Å². The molecule has 1 fully saturated rings. The fourth-order valence-electron chi connectivity index (χ4n) is 6.79. The smallest absolute Gasteiger partial charge is 0.200 e. The Balaban J connectivity index is 2.18. The number of allylic oxidation sites excluding steroid dienone is 1. The van der Waals surface area contributed by atoms with Crippen molar-refractivity contribution in [2.24, 2.45) is 11.8 Å². The molecule has 0 radical (unpaired) electrons. The summed E-state index contributed by atoms with van der Waals surface area (Å²) in [6.07, 6.45) is 9.51. The second-order valence-electron chi connectivity index (χ2n) is 12.3. The molecule has 0 saturated heterocycles. The predicted molar refractivity (Wildman–Crippen MR) is 165 cm³/mol. The van der Waals surface area contributed by atoms with Gasteiger partial charge in [-0.1, -0.05) is 78.8 Å². The van der Waals surface area contributed by atoms with E-state index in [1.165, 1.54) is 5.57 Å². The molecule has 1 aliphatic rings. The van der Waals surface area contributed by atoms with E-state index in [1.807, 2.05) is 37.5 Å². The van der Waals surface area contributed by atoms with Crippen molar-refractivity contribution in [2.75, 3.05) is 20.8 Å². The molecule has 0 spiro atoms. The van der Waals surface area contributed by atoms with Crippen molar-refractivity contribution in [3.05, 3.63) is 53.6 Å². The normalized spacial score (nSPS) is 22.7. The second-order valence-corrected chi connectivity index (χ2v) is 17.7. The molecule has 0 amide bonds. The van der Waals surface area contributed by atoms with E-state index < -0.39 is 8.32 Å². The molecule has 222 valence electrons. The van der Waals surface area contributed by atoms with Crippen molar-refractivity contribution < 1.29 is 23.7 Å². The van der Waals surface area contributed by atoms with Gasteiger partial charge in [0.15, 0.2) is 0 Å². The monoisotopic (exact) mass is 560 g/mol. The van der Waals surface area contributed by atoms with Crippen LogP contribution >= 0.6 is 0 Å². The van der Waals surface area contributed by atoms with Crippen LogP contribution in [0.15, 0.2) is 48.1 Å². The van der Waals surface area contributed by atoms with Crippen molar-refractivity contribution >= 4 is 8.32 Å². The molecule has 0 aliphatic heterocycles. The first-order valence-corrected chi connectivity index (χ1v) is 17.0. The number of methoxy groups -OCH3 is 2. The van der Waals surface area contributed by atoms with Crippen LogP contribution in [0.3, 0.4) is 0 Å². The molecule has 5 atom stereocenters. The quantitative estimate of drug-likeness (QED) is 0.174. The Morgan fingerprint density at radius 1 is 0.949 bits per heavy atom. The highest BCUT2D eigenvalue weighted by Crippen LogP contribution is 2.45. The summed E-state index contributed by atoms with van der Waals surface area (Å²) in [7, 11) is 1.54. The Labute approximate surface area is 240 Å². The summed E-state index contributed by atoms with van der Waals surface area (Å²) in [4.78, 5) is 0. The summed E-state index contributed by atoms with van der Waals surface area (Å²) in [5.74, 6) is 1.40. The lowest BCUT2D eigenvalue weighted by Crippen LogP contribution is -2.53. The first-order chi connectivity index (χ1) is 18.5. The van der Waals surface area contributed by atoms with Crippen molar-refractivity contribution in [3.8, 4) is 5.75 Å². The van der Waals surface area contributed by atoms with Crippen LogP contribution in [-0.2, 0) is 20.5 Å². The fourth-order valence-corrected chi connectivity index (χ4v) is 12.4. The Bertz CT molecular complexity index is 870. The fraction of sp³-hybridized carbons (Fsp3) is 0.697. The van der Waals surface area contributed by atoms with Crippen LogP contribution in [0.1, 0.15) is 80.2 Å². The van der Waals surface area contributed by atoms with Gasteiger partial charge in [0.05, 0.1) is 38.6 Å². The highest BCUT2D eigenvalue weighted by Gasteiger charge is 2.48. The Morgan fingerprint density at radius 2 is 1.56 bits per heavy atom. The minimum Gasteiger partial charge on any atom is -0.497 e. The molecule has 2 rings (SSSR count). The number of benzene rings is 1. The number of aliphatic hydroxyl groups excluding tert-OH is 1. The van der Waals surface area contributed by atoms with E-state index >= 15 is 0 Å². The topological polar surface area (TPSA) is 57.2 Å². The van der Waals surface area contributed by atoms with E-state index in [2.05, 4.69) is 61.5 Å². The number of ether oxygens (including phenoxy) is 3. The molecule has 0 unspecified atom stereocenters. The molecule has 5 nitrogen and oxygen atoms in total. The molecule has 0 heterocycles. The summed E-state index contributed by atoms with van der Waals surface area (Å²) in [6.45, 7) is 19.0. The van der Waals surface area contributed by atoms with Crippen molar-refractivity contribution in [1.29, 1.82) is 0 Å². The van der Waals surface area contributed by atoms with E-state index in [1.54, 1.807) is 13.2 Å². The number of hydrogen-bond donors (Lipinski definition) is 1. The van der Waals surface area contributed by atoms with Crippen LogP contribution in [0, 0.1) is 11.8 Å². The molecule has 1 aliphatic carbocycles. The molecule has 1 saturated carbocycles. The summed E-state index contributed by atoms with van der Waals surface area (Å²) >= 11 is 0. The maximum atomic E-state index is 9.34. The van der Waals surface area contributed by atoms with Gasteiger partial charge in [0.2, 0.25) is 8.32 Å². The zero-order valence-electron chi connectivity index (χ0n) is 26.3. The molecule has 0 bridgehead atoms. The molecular formula is C33H56O5Si. The van der Waals surface area contributed by atoms with Crippen LogP contribution < -0.4 is 4.74 Å². The SMILES string of the molecule is COc1ccc(CO[C@H](/C(C)=C/[C@@H]2CC[C@@H](O[Si](C(C)C)(C(C)C)C(C)C)[C@H](OC)C2)[C@H](C)/C=C/CO)cc1. The van der Waals surface area contributed by atoms with Gasteiger partial charge in [0, 0.05) is 13.0 Å². The van der Waals surface area contributed by atoms with Gasteiger partial charge < -0.3 is 23.7 Å². The number of hydrogen-bond acceptors (Lipinski definition) is 5. The van der Waals surface area contributed by atoms with Crippen molar-refractivity contribution in [1.82, 2.24) is 0 Å². The minimum absolute atomic E-state index is 0.0335. The average molecular weight is 561 g/mol. The lowest BCUT2D eigenvalue weighted by Gasteiger charge is -2.47. The van der Waals surface area contributed by atoms with Gasteiger partial charge in [0.1, 0.15) is 5.75 Å². The molecule has 1 aromatic rings. The Morgan fingerprint density at radius 3 is 2.08 bits per heavy atom. The van der Waals surface area contributed by atoms with Gasteiger partial charge in [-0.2, -0.15) is 0 Å². The van der Waals surface area contributed by atoms with E-state index in [4.69, 9.17) is 18.6 Å². The van der Waals surface area contributed by atoms with E-state index in [9.17, 15) is 5.11 Å². The summed E-state index contributed by atoms with van der Waals surface area (Å²) in [5, 5.41) is 9.34. The Hall–Kier alpha value is -1.44. The molecule has 6 heteroatoms.